The highest BCUT2D eigenvalue weighted by molar-refractivity contribution is 5.90. The van der Waals surface area contributed by atoms with Crippen molar-refractivity contribution in [1.29, 1.82) is 0 Å². The van der Waals surface area contributed by atoms with Gasteiger partial charge in [0.1, 0.15) is 12.4 Å². The minimum atomic E-state index is -0.902. The number of likely N-dealkylation sites (tertiary alicyclic amines) is 1. The van der Waals surface area contributed by atoms with E-state index in [4.69, 9.17) is 14.5 Å². The Labute approximate surface area is 219 Å². The summed E-state index contributed by atoms with van der Waals surface area (Å²) in [5.41, 5.74) is 4.79. The van der Waals surface area contributed by atoms with E-state index >= 15 is 0 Å². The van der Waals surface area contributed by atoms with Gasteiger partial charge in [-0.1, -0.05) is 49.0 Å². The largest absolute Gasteiger partial charge is 0.494 e. The Morgan fingerprint density at radius 1 is 1.16 bits per heavy atom. The number of hydrogen-bond acceptors (Lipinski definition) is 6. The summed E-state index contributed by atoms with van der Waals surface area (Å²) in [6.45, 7) is 4.66. The SMILES string of the molecule is C=C(F)C(=O)N1CCC(N[C@H]2COc3cc(-c4nc5ncc(OC)cn5c4-c4ccccc4)ccc32)CC1. The molecule has 0 aliphatic carbocycles. The zero-order chi connectivity index (χ0) is 26.2. The molecule has 4 aromatic rings. The van der Waals surface area contributed by atoms with E-state index < -0.39 is 11.7 Å². The number of benzene rings is 2. The molecule has 1 N–H and O–H groups in total. The van der Waals surface area contributed by atoms with Crippen LogP contribution in [0.15, 0.2) is 73.3 Å². The van der Waals surface area contributed by atoms with Crippen LogP contribution in [0.2, 0.25) is 0 Å². The van der Waals surface area contributed by atoms with Crippen molar-refractivity contribution in [2.24, 2.45) is 0 Å². The lowest BCUT2D eigenvalue weighted by atomic mass is 9.99. The fraction of sp³-hybridized carbons (Fsp3) is 0.276. The summed E-state index contributed by atoms with van der Waals surface area (Å²) in [6, 6.07) is 16.6. The molecule has 0 radical (unpaired) electrons. The van der Waals surface area contributed by atoms with Gasteiger partial charge in [0.25, 0.3) is 5.91 Å². The van der Waals surface area contributed by atoms with Gasteiger partial charge in [0.15, 0.2) is 11.6 Å². The van der Waals surface area contributed by atoms with E-state index in [1.807, 2.05) is 34.9 Å². The number of carbonyl (C=O) groups excluding carboxylic acids is 1. The van der Waals surface area contributed by atoms with Crippen LogP contribution in [0.4, 0.5) is 4.39 Å². The highest BCUT2D eigenvalue weighted by Crippen LogP contribution is 2.39. The Morgan fingerprint density at radius 3 is 2.68 bits per heavy atom. The number of imidazole rings is 1. The molecule has 0 unspecified atom stereocenters. The Hall–Kier alpha value is -4.24. The van der Waals surface area contributed by atoms with Gasteiger partial charge in [-0.3, -0.25) is 9.20 Å². The Kier molecular flexibility index (Phi) is 6.29. The number of halogens is 1. The van der Waals surface area contributed by atoms with Crippen molar-refractivity contribution < 1.29 is 18.7 Å². The number of piperidine rings is 1. The Bertz CT molecular complexity index is 1510. The summed E-state index contributed by atoms with van der Waals surface area (Å²) in [5.74, 6) is 0.543. The molecule has 2 aromatic heterocycles. The molecule has 2 aliphatic rings. The third kappa shape index (κ3) is 4.39. The third-order valence-corrected chi connectivity index (χ3v) is 7.26. The maximum atomic E-state index is 13.2. The normalized spacial score (nSPS) is 17.3. The van der Waals surface area contributed by atoms with Crippen LogP contribution in [0.3, 0.4) is 0 Å². The minimum absolute atomic E-state index is 0.0445. The summed E-state index contributed by atoms with van der Waals surface area (Å²) in [5, 5.41) is 3.67. The quantitative estimate of drug-likeness (QED) is 0.381. The number of fused-ring (bicyclic) bond motifs is 2. The smallest absolute Gasteiger partial charge is 0.281 e. The summed E-state index contributed by atoms with van der Waals surface area (Å²) in [4.78, 5) is 22.7. The molecule has 2 aliphatic heterocycles. The van der Waals surface area contributed by atoms with E-state index in [1.54, 1.807) is 13.3 Å². The molecule has 194 valence electrons. The second-order valence-corrected chi connectivity index (χ2v) is 9.59. The average molecular weight is 514 g/mol. The molecule has 1 atom stereocenters. The van der Waals surface area contributed by atoms with Crippen molar-refractivity contribution >= 4 is 11.7 Å². The molecule has 0 saturated carbocycles. The van der Waals surface area contributed by atoms with Gasteiger partial charge in [-0.05, 0) is 18.9 Å². The van der Waals surface area contributed by atoms with Gasteiger partial charge < -0.3 is 19.7 Å². The molecule has 1 fully saturated rings. The maximum absolute atomic E-state index is 13.2. The third-order valence-electron chi connectivity index (χ3n) is 7.26. The maximum Gasteiger partial charge on any atom is 0.281 e. The predicted molar refractivity (Wildman–Crippen MR) is 142 cm³/mol. The van der Waals surface area contributed by atoms with Crippen molar-refractivity contribution in [3.8, 4) is 34.0 Å². The van der Waals surface area contributed by atoms with E-state index in [9.17, 15) is 9.18 Å². The molecule has 8 nitrogen and oxygen atoms in total. The number of aromatic nitrogens is 3. The summed E-state index contributed by atoms with van der Waals surface area (Å²) < 4.78 is 26.7. The summed E-state index contributed by atoms with van der Waals surface area (Å²) in [6.07, 6.45) is 5.06. The van der Waals surface area contributed by atoms with Gasteiger partial charge in [0.05, 0.1) is 36.9 Å². The molecule has 1 saturated heterocycles. The molecular weight excluding hydrogens is 485 g/mol. The van der Waals surface area contributed by atoms with E-state index in [-0.39, 0.29) is 12.1 Å². The van der Waals surface area contributed by atoms with E-state index in [0.29, 0.717) is 31.2 Å². The molecule has 9 heteroatoms. The lowest BCUT2D eigenvalue weighted by Crippen LogP contribution is -2.46. The number of nitrogens with one attached hydrogen (secondary N) is 1. The number of carbonyl (C=O) groups is 1. The summed E-state index contributed by atoms with van der Waals surface area (Å²) >= 11 is 0. The van der Waals surface area contributed by atoms with Crippen molar-refractivity contribution in [1.82, 2.24) is 24.6 Å². The summed E-state index contributed by atoms with van der Waals surface area (Å²) in [7, 11) is 1.62. The minimum Gasteiger partial charge on any atom is -0.494 e. The topological polar surface area (TPSA) is 81.0 Å². The highest BCUT2D eigenvalue weighted by atomic mass is 19.1. The van der Waals surface area contributed by atoms with Crippen LogP contribution >= 0.6 is 0 Å². The molecule has 0 bridgehead atoms. The van der Waals surface area contributed by atoms with E-state index in [0.717, 1.165) is 46.7 Å². The number of amides is 1. The fourth-order valence-corrected chi connectivity index (χ4v) is 5.30. The number of ether oxygens (including phenoxy) is 2. The van der Waals surface area contributed by atoms with Gasteiger partial charge in [-0.2, -0.15) is 0 Å². The number of methoxy groups -OCH3 is 1. The number of hydrogen-bond donors (Lipinski definition) is 1. The first-order chi connectivity index (χ1) is 18.5. The highest BCUT2D eigenvalue weighted by Gasteiger charge is 2.30. The van der Waals surface area contributed by atoms with Gasteiger partial charge in [0, 0.05) is 35.8 Å². The van der Waals surface area contributed by atoms with Gasteiger partial charge in [-0.25, -0.2) is 14.4 Å². The van der Waals surface area contributed by atoms with Crippen LogP contribution in [0.25, 0.3) is 28.3 Å². The fourth-order valence-electron chi connectivity index (χ4n) is 5.30. The lowest BCUT2D eigenvalue weighted by Gasteiger charge is -2.33. The molecule has 6 rings (SSSR count). The first-order valence-corrected chi connectivity index (χ1v) is 12.7. The van der Waals surface area contributed by atoms with Crippen molar-refractivity contribution in [2.45, 2.75) is 24.9 Å². The zero-order valence-electron chi connectivity index (χ0n) is 21.1. The zero-order valence-corrected chi connectivity index (χ0v) is 21.1. The van der Waals surface area contributed by atoms with Crippen LogP contribution in [0.5, 0.6) is 11.5 Å². The standard InChI is InChI=1S/C29H28FN5O3/c1-18(30)28(36)34-12-10-21(11-13-34)32-24-17-38-25-14-20(8-9-23(24)25)26-27(19-6-4-3-5-7-19)35-16-22(37-2)15-31-29(35)33-26/h3-9,14-16,21,24,32H,1,10-13,17H2,2H3/t24-/m0/s1. The van der Waals surface area contributed by atoms with Crippen LogP contribution in [0, 0.1) is 0 Å². The van der Waals surface area contributed by atoms with Crippen molar-refractivity contribution in [3.05, 3.63) is 78.9 Å². The van der Waals surface area contributed by atoms with Crippen molar-refractivity contribution in [3.63, 3.8) is 0 Å². The van der Waals surface area contributed by atoms with Gasteiger partial charge in [-0.15, -0.1) is 0 Å². The monoisotopic (exact) mass is 513 g/mol. The average Bonchev–Trinajstić information content (AvgIpc) is 3.54. The molecule has 2 aromatic carbocycles. The lowest BCUT2D eigenvalue weighted by molar-refractivity contribution is -0.129. The Morgan fingerprint density at radius 2 is 1.95 bits per heavy atom. The number of rotatable bonds is 6. The second kappa shape index (κ2) is 9.90. The molecule has 4 heterocycles. The van der Waals surface area contributed by atoms with Crippen LogP contribution < -0.4 is 14.8 Å². The van der Waals surface area contributed by atoms with Gasteiger partial charge in [0.2, 0.25) is 5.78 Å². The molecule has 0 spiro atoms. The van der Waals surface area contributed by atoms with Gasteiger partial charge >= 0.3 is 0 Å². The van der Waals surface area contributed by atoms with E-state index in [1.165, 1.54) is 4.90 Å². The molecular formula is C29H28FN5O3. The van der Waals surface area contributed by atoms with E-state index in [2.05, 4.69) is 41.1 Å². The second-order valence-electron chi connectivity index (χ2n) is 9.59. The molecule has 38 heavy (non-hydrogen) atoms. The van der Waals surface area contributed by atoms with Crippen LogP contribution in [0.1, 0.15) is 24.4 Å². The van der Waals surface area contributed by atoms with Crippen LogP contribution in [-0.2, 0) is 4.79 Å². The first kappa shape index (κ1) is 24.1. The molecule has 1 amide bonds. The predicted octanol–water partition coefficient (Wildman–Crippen LogP) is 4.57. The van der Waals surface area contributed by atoms with Crippen LogP contribution in [-0.4, -0.2) is 58.0 Å². The van der Waals surface area contributed by atoms with Crippen molar-refractivity contribution in [2.75, 3.05) is 26.8 Å². The first-order valence-electron chi connectivity index (χ1n) is 12.7. The number of nitrogens with zero attached hydrogens (tertiary/aromatic N) is 4. The Balaban J connectivity index is 1.27.